The van der Waals surface area contributed by atoms with Crippen LogP contribution in [0.1, 0.15) is 59.3 Å². The van der Waals surface area contributed by atoms with Crippen molar-refractivity contribution >= 4 is 5.97 Å². The van der Waals surface area contributed by atoms with Crippen molar-refractivity contribution in [1.82, 2.24) is 0 Å². The van der Waals surface area contributed by atoms with E-state index < -0.39 is 17.0 Å². The lowest BCUT2D eigenvalue weighted by atomic mass is 9.55. The van der Waals surface area contributed by atoms with Crippen molar-refractivity contribution in [3.8, 4) is 0 Å². The summed E-state index contributed by atoms with van der Waals surface area (Å²) < 4.78 is 11.1. The van der Waals surface area contributed by atoms with E-state index in [2.05, 4.69) is 20.8 Å². The summed E-state index contributed by atoms with van der Waals surface area (Å²) in [5.41, 5.74) is -0.826. The first-order chi connectivity index (χ1) is 9.28. The summed E-state index contributed by atoms with van der Waals surface area (Å²) in [5, 5.41) is 0. The standard InChI is InChI=1S/C15H24O5/c1-12(2)6-5-7-13(3)15(12)9-8-14(18-13,19-20-15)10-11(16)17-4/h5-10H2,1-4H3/t13-,14-,15+/m1/s1. The van der Waals surface area contributed by atoms with Crippen LogP contribution in [0.3, 0.4) is 0 Å². The molecule has 5 heteroatoms. The van der Waals surface area contributed by atoms with E-state index >= 15 is 0 Å². The van der Waals surface area contributed by atoms with E-state index in [1.807, 2.05) is 0 Å². The van der Waals surface area contributed by atoms with Gasteiger partial charge in [0.05, 0.1) is 7.11 Å². The zero-order valence-electron chi connectivity index (χ0n) is 12.8. The molecule has 1 aliphatic carbocycles. The van der Waals surface area contributed by atoms with E-state index in [9.17, 15) is 4.79 Å². The van der Waals surface area contributed by atoms with Crippen molar-refractivity contribution in [2.24, 2.45) is 5.41 Å². The fourth-order valence-corrected chi connectivity index (χ4v) is 4.45. The number of fused-ring (bicyclic) bond motifs is 2. The van der Waals surface area contributed by atoms with Crippen molar-refractivity contribution in [3.63, 3.8) is 0 Å². The van der Waals surface area contributed by atoms with Gasteiger partial charge in [0.25, 0.3) is 0 Å². The Morgan fingerprint density at radius 2 is 1.85 bits per heavy atom. The zero-order valence-corrected chi connectivity index (χ0v) is 12.8. The van der Waals surface area contributed by atoms with Gasteiger partial charge in [-0.15, -0.1) is 0 Å². The molecule has 0 aromatic rings. The summed E-state index contributed by atoms with van der Waals surface area (Å²) in [6, 6.07) is 0. The van der Waals surface area contributed by atoms with Crippen LogP contribution < -0.4 is 0 Å². The topological polar surface area (TPSA) is 54.0 Å². The minimum absolute atomic E-state index is 0.00214. The molecular formula is C15H24O5. The van der Waals surface area contributed by atoms with Crippen LogP contribution >= 0.6 is 0 Å². The van der Waals surface area contributed by atoms with Crippen LogP contribution in [-0.4, -0.2) is 30.1 Å². The van der Waals surface area contributed by atoms with Crippen LogP contribution in [0.15, 0.2) is 0 Å². The lowest BCUT2D eigenvalue weighted by molar-refractivity contribution is -0.590. The molecule has 20 heavy (non-hydrogen) atoms. The Labute approximate surface area is 119 Å². The molecule has 0 unspecified atom stereocenters. The molecule has 0 N–H and O–H groups in total. The zero-order chi connectivity index (χ0) is 14.6. The van der Waals surface area contributed by atoms with Crippen LogP contribution in [-0.2, 0) is 24.0 Å². The molecule has 4 rings (SSSR count). The van der Waals surface area contributed by atoms with Gasteiger partial charge in [-0.2, -0.15) is 4.89 Å². The Hall–Kier alpha value is -0.650. The molecular weight excluding hydrogens is 260 g/mol. The summed E-state index contributed by atoms with van der Waals surface area (Å²) in [4.78, 5) is 23.1. The number of methoxy groups -OCH3 is 1. The van der Waals surface area contributed by atoms with Gasteiger partial charge in [-0.3, -0.25) is 4.79 Å². The minimum Gasteiger partial charge on any atom is -0.469 e. The number of esters is 1. The van der Waals surface area contributed by atoms with Crippen molar-refractivity contribution in [2.75, 3.05) is 7.11 Å². The molecule has 3 heterocycles. The average molecular weight is 284 g/mol. The average Bonchev–Trinajstić information content (AvgIpc) is 2.37. The summed E-state index contributed by atoms with van der Waals surface area (Å²) in [6.07, 6.45) is 4.73. The fraction of sp³-hybridized carbons (Fsp3) is 0.933. The van der Waals surface area contributed by atoms with Crippen molar-refractivity contribution in [2.45, 2.75) is 76.3 Å². The molecule has 5 nitrogen and oxygen atoms in total. The van der Waals surface area contributed by atoms with E-state index in [0.717, 1.165) is 25.7 Å². The minimum atomic E-state index is -0.975. The molecule has 0 radical (unpaired) electrons. The Balaban J connectivity index is 1.92. The molecule has 0 amide bonds. The van der Waals surface area contributed by atoms with Gasteiger partial charge in [0.2, 0.25) is 5.79 Å². The van der Waals surface area contributed by atoms with Crippen LogP contribution in [0.25, 0.3) is 0 Å². The summed E-state index contributed by atoms with van der Waals surface area (Å²) in [5.74, 6) is -1.31. The summed E-state index contributed by atoms with van der Waals surface area (Å²) in [7, 11) is 1.38. The SMILES string of the molecule is COC(=O)C[C@@]12CC[C@]3(OO1)C(C)(C)CCC[C@@]3(C)O2. The van der Waals surface area contributed by atoms with Gasteiger partial charge in [-0.1, -0.05) is 13.8 Å². The summed E-state index contributed by atoms with van der Waals surface area (Å²) >= 11 is 0. The van der Waals surface area contributed by atoms with E-state index in [0.29, 0.717) is 6.42 Å². The van der Waals surface area contributed by atoms with Gasteiger partial charge in [0, 0.05) is 6.42 Å². The third-order valence-corrected chi connectivity index (χ3v) is 5.65. The normalized spacial score (nSPS) is 45.8. The molecule has 3 aliphatic heterocycles. The highest BCUT2D eigenvalue weighted by molar-refractivity contribution is 5.70. The van der Waals surface area contributed by atoms with Gasteiger partial charge in [-0.25, -0.2) is 4.89 Å². The molecule has 0 aromatic heterocycles. The monoisotopic (exact) mass is 284 g/mol. The van der Waals surface area contributed by atoms with Crippen molar-refractivity contribution in [3.05, 3.63) is 0 Å². The molecule has 3 atom stereocenters. The first-order valence-electron chi connectivity index (χ1n) is 7.42. The lowest BCUT2D eigenvalue weighted by Crippen LogP contribution is -2.75. The third-order valence-electron chi connectivity index (χ3n) is 5.65. The van der Waals surface area contributed by atoms with Gasteiger partial charge in [0.15, 0.2) is 0 Å². The maximum atomic E-state index is 11.6. The van der Waals surface area contributed by atoms with Crippen molar-refractivity contribution in [1.29, 1.82) is 0 Å². The molecule has 2 bridgehead atoms. The number of rotatable bonds is 2. The maximum absolute atomic E-state index is 11.6. The van der Waals surface area contributed by atoms with Gasteiger partial charge < -0.3 is 9.47 Å². The molecule has 0 aromatic carbocycles. The fourth-order valence-electron chi connectivity index (χ4n) is 4.45. The van der Waals surface area contributed by atoms with Gasteiger partial charge in [-0.05, 0) is 38.0 Å². The summed E-state index contributed by atoms with van der Waals surface area (Å²) in [6.45, 7) is 6.53. The number of hydrogen-bond acceptors (Lipinski definition) is 5. The Kier molecular flexibility index (Phi) is 2.99. The highest BCUT2D eigenvalue weighted by atomic mass is 17.3. The van der Waals surface area contributed by atoms with E-state index in [1.165, 1.54) is 7.11 Å². The number of ether oxygens (including phenoxy) is 2. The van der Waals surface area contributed by atoms with Crippen LogP contribution in [0.2, 0.25) is 0 Å². The van der Waals surface area contributed by atoms with E-state index in [4.69, 9.17) is 19.2 Å². The maximum Gasteiger partial charge on any atom is 0.311 e. The third kappa shape index (κ3) is 1.69. The smallest absolute Gasteiger partial charge is 0.311 e. The first-order valence-corrected chi connectivity index (χ1v) is 7.42. The molecule has 1 saturated carbocycles. The highest BCUT2D eigenvalue weighted by Gasteiger charge is 2.71. The largest absolute Gasteiger partial charge is 0.469 e. The molecule has 3 saturated heterocycles. The van der Waals surface area contributed by atoms with Crippen LogP contribution in [0.5, 0.6) is 0 Å². The Morgan fingerprint density at radius 3 is 2.45 bits per heavy atom. The van der Waals surface area contributed by atoms with Crippen LogP contribution in [0, 0.1) is 5.41 Å². The highest BCUT2D eigenvalue weighted by Crippen LogP contribution is 2.63. The quantitative estimate of drug-likeness (QED) is 0.576. The Morgan fingerprint density at radius 1 is 1.10 bits per heavy atom. The van der Waals surface area contributed by atoms with E-state index in [-0.39, 0.29) is 17.8 Å². The number of hydrogen-bond donors (Lipinski definition) is 0. The molecule has 4 fully saturated rings. The second-order valence-electron chi connectivity index (χ2n) is 7.23. The molecule has 1 spiro atoms. The second-order valence-corrected chi connectivity index (χ2v) is 7.23. The predicted molar refractivity (Wildman–Crippen MR) is 70.6 cm³/mol. The van der Waals surface area contributed by atoms with E-state index in [1.54, 1.807) is 0 Å². The van der Waals surface area contributed by atoms with Crippen LogP contribution in [0.4, 0.5) is 0 Å². The predicted octanol–water partition coefficient (Wildman–Crippen LogP) is 2.73. The molecule has 114 valence electrons. The molecule has 4 aliphatic rings. The van der Waals surface area contributed by atoms with Crippen molar-refractivity contribution < 1.29 is 24.0 Å². The van der Waals surface area contributed by atoms with Gasteiger partial charge >= 0.3 is 5.97 Å². The Bertz CT molecular complexity index is 422. The number of carbonyl (C=O) groups excluding carboxylic acids is 1. The first kappa shape index (κ1) is 14.3. The van der Waals surface area contributed by atoms with Gasteiger partial charge in [0.1, 0.15) is 17.6 Å². The number of carbonyl (C=O) groups is 1. The second kappa shape index (κ2) is 4.18. The lowest BCUT2D eigenvalue weighted by Gasteiger charge is -2.67.